The zero-order chi connectivity index (χ0) is 18.8. The first-order chi connectivity index (χ1) is 13.1. The van der Waals surface area contributed by atoms with Gasteiger partial charge in [0.1, 0.15) is 11.5 Å². The van der Waals surface area contributed by atoms with Gasteiger partial charge in [-0.3, -0.25) is 9.59 Å². The minimum absolute atomic E-state index is 0.0934. The molecule has 0 unspecified atom stereocenters. The highest BCUT2D eigenvalue weighted by Gasteiger charge is 2.29. The van der Waals surface area contributed by atoms with E-state index in [1.54, 1.807) is 35.6 Å². The Morgan fingerprint density at radius 2 is 2.15 bits per heavy atom. The van der Waals surface area contributed by atoms with Crippen molar-refractivity contribution >= 4 is 29.0 Å². The van der Waals surface area contributed by atoms with Gasteiger partial charge in [0.25, 0.3) is 5.91 Å². The van der Waals surface area contributed by atoms with Crippen LogP contribution in [-0.2, 0) is 4.79 Å². The fraction of sp³-hybridized carbons (Fsp3) is 0.333. The monoisotopic (exact) mass is 386 g/mol. The Labute approximate surface area is 159 Å². The van der Waals surface area contributed by atoms with Crippen LogP contribution in [0.4, 0.5) is 5.82 Å². The van der Waals surface area contributed by atoms with Gasteiger partial charge in [0.05, 0.1) is 6.26 Å². The Kier molecular flexibility index (Phi) is 4.76. The number of hydrogen-bond donors (Lipinski definition) is 1. The molecule has 0 saturated carbocycles. The number of carbonyl (C=O) groups excluding carboxylic acids is 2. The molecule has 0 atom stereocenters. The van der Waals surface area contributed by atoms with Crippen LogP contribution in [0, 0.1) is 12.8 Å². The first-order valence-corrected chi connectivity index (χ1v) is 9.51. The summed E-state index contributed by atoms with van der Waals surface area (Å²) in [5.74, 6) is 1.35. The molecule has 1 fully saturated rings. The van der Waals surface area contributed by atoms with Gasteiger partial charge in [0.15, 0.2) is 16.6 Å². The number of anilines is 1. The third kappa shape index (κ3) is 3.77. The maximum Gasteiger partial charge on any atom is 0.273 e. The summed E-state index contributed by atoms with van der Waals surface area (Å²) in [6.07, 6.45) is 2.78. The lowest BCUT2D eigenvalue weighted by atomic mass is 9.95. The van der Waals surface area contributed by atoms with Crippen molar-refractivity contribution in [1.29, 1.82) is 0 Å². The molecule has 140 valence electrons. The average Bonchev–Trinajstić information content (AvgIpc) is 3.43. The molecule has 1 aliphatic rings. The summed E-state index contributed by atoms with van der Waals surface area (Å²) in [6.45, 7) is 2.80. The maximum absolute atomic E-state index is 12.7. The summed E-state index contributed by atoms with van der Waals surface area (Å²) in [4.78, 5) is 31.1. The number of furan rings is 1. The molecule has 0 aliphatic carbocycles. The van der Waals surface area contributed by atoms with Crippen molar-refractivity contribution in [3.05, 3.63) is 41.3 Å². The molecule has 3 aromatic heterocycles. The van der Waals surface area contributed by atoms with Crippen LogP contribution < -0.4 is 5.32 Å². The van der Waals surface area contributed by atoms with E-state index in [-0.39, 0.29) is 17.7 Å². The Hall–Kier alpha value is -2.94. The van der Waals surface area contributed by atoms with Gasteiger partial charge >= 0.3 is 0 Å². The summed E-state index contributed by atoms with van der Waals surface area (Å²) >= 11 is 1.38. The van der Waals surface area contributed by atoms with Crippen LogP contribution in [0.2, 0.25) is 0 Å². The molecule has 4 rings (SSSR count). The summed E-state index contributed by atoms with van der Waals surface area (Å²) in [6, 6.07) is 5.28. The highest BCUT2D eigenvalue weighted by Crippen LogP contribution is 2.26. The molecule has 4 heterocycles. The van der Waals surface area contributed by atoms with E-state index in [1.807, 2.05) is 6.07 Å². The molecule has 27 heavy (non-hydrogen) atoms. The first kappa shape index (κ1) is 17.5. The minimum Gasteiger partial charge on any atom is -0.462 e. The van der Waals surface area contributed by atoms with Crippen molar-refractivity contribution in [2.75, 3.05) is 18.4 Å². The molecule has 1 N–H and O–H groups in total. The van der Waals surface area contributed by atoms with E-state index >= 15 is 0 Å². The second kappa shape index (κ2) is 7.36. The van der Waals surface area contributed by atoms with Gasteiger partial charge in [-0.2, -0.15) is 0 Å². The summed E-state index contributed by atoms with van der Waals surface area (Å²) in [7, 11) is 0. The molecule has 0 bridgehead atoms. The molecule has 9 heteroatoms. The van der Waals surface area contributed by atoms with Crippen LogP contribution in [-0.4, -0.2) is 39.9 Å². The fourth-order valence-electron chi connectivity index (χ4n) is 3.05. The summed E-state index contributed by atoms with van der Waals surface area (Å²) < 4.78 is 10.3. The van der Waals surface area contributed by atoms with Crippen molar-refractivity contribution in [3.8, 4) is 10.8 Å². The normalized spacial score (nSPS) is 15.1. The van der Waals surface area contributed by atoms with Gasteiger partial charge in [-0.25, -0.2) is 4.98 Å². The zero-order valence-corrected chi connectivity index (χ0v) is 15.5. The number of rotatable bonds is 4. The number of amides is 2. The van der Waals surface area contributed by atoms with Gasteiger partial charge in [-0.1, -0.05) is 5.16 Å². The van der Waals surface area contributed by atoms with Gasteiger partial charge in [-0.15, -0.1) is 11.3 Å². The van der Waals surface area contributed by atoms with E-state index in [9.17, 15) is 9.59 Å². The molecule has 0 aromatic carbocycles. The second-order valence-corrected chi connectivity index (χ2v) is 7.25. The van der Waals surface area contributed by atoms with Crippen LogP contribution in [0.5, 0.6) is 0 Å². The van der Waals surface area contributed by atoms with Crippen LogP contribution >= 0.6 is 11.3 Å². The third-order valence-corrected chi connectivity index (χ3v) is 5.34. The molecule has 0 radical (unpaired) electrons. The fourth-order valence-corrected chi connectivity index (χ4v) is 3.81. The highest BCUT2D eigenvalue weighted by molar-refractivity contribution is 7.13. The molecule has 3 aromatic rings. The van der Waals surface area contributed by atoms with E-state index in [1.165, 1.54) is 11.3 Å². The van der Waals surface area contributed by atoms with E-state index < -0.39 is 0 Å². The number of hydrogen-bond acceptors (Lipinski definition) is 7. The topological polar surface area (TPSA) is 101 Å². The largest absolute Gasteiger partial charge is 0.462 e. The van der Waals surface area contributed by atoms with Gasteiger partial charge in [0.2, 0.25) is 5.91 Å². The summed E-state index contributed by atoms with van der Waals surface area (Å²) in [5.41, 5.74) is 0.410. The minimum atomic E-state index is -0.153. The Morgan fingerprint density at radius 1 is 1.33 bits per heavy atom. The van der Waals surface area contributed by atoms with E-state index in [4.69, 9.17) is 8.94 Å². The quantitative estimate of drug-likeness (QED) is 0.739. The predicted octanol–water partition coefficient (Wildman–Crippen LogP) is 3.19. The van der Waals surface area contributed by atoms with E-state index in [0.717, 1.165) is 0 Å². The molecule has 2 amide bonds. The van der Waals surface area contributed by atoms with Crippen molar-refractivity contribution in [2.24, 2.45) is 5.92 Å². The molecule has 8 nitrogen and oxygen atoms in total. The van der Waals surface area contributed by atoms with Gasteiger partial charge in [0, 0.05) is 30.5 Å². The highest BCUT2D eigenvalue weighted by atomic mass is 32.1. The van der Waals surface area contributed by atoms with E-state index in [2.05, 4.69) is 15.5 Å². The Balaban J connectivity index is 1.33. The van der Waals surface area contributed by atoms with Crippen LogP contribution in [0.1, 0.15) is 29.1 Å². The number of likely N-dealkylation sites (tertiary alicyclic amines) is 1. The summed E-state index contributed by atoms with van der Waals surface area (Å²) in [5, 5.41) is 8.95. The number of aryl methyl sites for hydroxylation is 1. The zero-order valence-electron chi connectivity index (χ0n) is 14.7. The second-order valence-electron chi connectivity index (χ2n) is 6.39. The number of carbonyl (C=O) groups is 2. The lowest BCUT2D eigenvalue weighted by Gasteiger charge is -2.30. The standard InChI is InChI=1S/C18H18N4O4S/c1-11-9-15(21-26-11)20-16(23)12-4-6-22(7-5-12)18(24)13-10-27-17(19-13)14-3-2-8-25-14/h2-3,8-10,12H,4-7H2,1H3,(H,20,21,23). The Morgan fingerprint density at radius 3 is 2.81 bits per heavy atom. The number of piperidine rings is 1. The van der Waals surface area contributed by atoms with Gasteiger partial charge in [-0.05, 0) is 31.9 Å². The first-order valence-electron chi connectivity index (χ1n) is 8.63. The number of aromatic nitrogens is 2. The molecule has 1 aliphatic heterocycles. The van der Waals surface area contributed by atoms with Crippen molar-refractivity contribution in [3.63, 3.8) is 0 Å². The van der Waals surface area contributed by atoms with Crippen molar-refractivity contribution < 1.29 is 18.5 Å². The third-order valence-electron chi connectivity index (χ3n) is 4.49. The van der Waals surface area contributed by atoms with Crippen molar-refractivity contribution in [1.82, 2.24) is 15.0 Å². The van der Waals surface area contributed by atoms with Crippen LogP contribution in [0.3, 0.4) is 0 Å². The predicted molar refractivity (Wildman–Crippen MR) is 98.3 cm³/mol. The smallest absolute Gasteiger partial charge is 0.273 e. The molecule has 1 saturated heterocycles. The maximum atomic E-state index is 12.7. The average molecular weight is 386 g/mol. The molecular weight excluding hydrogens is 368 g/mol. The number of thiazole rings is 1. The van der Waals surface area contributed by atoms with Gasteiger partial charge < -0.3 is 19.2 Å². The van der Waals surface area contributed by atoms with Crippen LogP contribution in [0.15, 0.2) is 38.8 Å². The SMILES string of the molecule is Cc1cc(NC(=O)C2CCN(C(=O)c3csc(-c4ccco4)n3)CC2)no1. The lowest BCUT2D eigenvalue weighted by molar-refractivity contribution is -0.121. The van der Waals surface area contributed by atoms with Crippen molar-refractivity contribution in [2.45, 2.75) is 19.8 Å². The van der Waals surface area contributed by atoms with Crippen LogP contribution in [0.25, 0.3) is 10.8 Å². The number of nitrogens with one attached hydrogen (secondary N) is 1. The lowest BCUT2D eigenvalue weighted by Crippen LogP contribution is -2.41. The molecular formula is C18H18N4O4S. The van der Waals surface area contributed by atoms with E-state index in [0.29, 0.717) is 54.0 Å². The molecule has 0 spiro atoms. The Bertz CT molecular complexity index is 938. The number of nitrogens with zero attached hydrogens (tertiary/aromatic N) is 3.